The van der Waals surface area contributed by atoms with Gasteiger partial charge in [0.15, 0.2) is 5.78 Å². The van der Waals surface area contributed by atoms with Gasteiger partial charge in [-0.15, -0.1) is 11.8 Å². The summed E-state index contributed by atoms with van der Waals surface area (Å²) in [5.41, 5.74) is 0.507. The van der Waals surface area contributed by atoms with Crippen molar-refractivity contribution in [2.24, 2.45) is 0 Å². The van der Waals surface area contributed by atoms with Crippen molar-refractivity contribution in [2.45, 2.75) is 16.6 Å². The van der Waals surface area contributed by atoms with Gasteiger partial charge < -0.3 is 9.84 Å². The minimum atomic E-state index is -0.952. The Morgan fingerprint density at radius 3 is 2.94 bits per heavy atom. The van der Waals surface area contributed by atoms with Crippen molar-refractivity contribution in [3.05, 3.63) is 23.8 Å². The van der Waals surface area contributed by atoms with E-state index in [1.807, 2.05) is 0 Å². The summed E-state index contributed by atoms with van der Waals surface area (Å²) < 4.78 is 5.10. The zero-order valence-electron chi connectivity index (χ0n) is 8.60. The summed E-state index contributed by atoms with van der Waals surface area (Å²) in [6.07, 6.45) is 0.0212. The Bertz CT molecular complexity index is 455. The van der Waals surface area contributed by atoms with Crippen molar-refractivity contribution in [1.82, 2.24) is 0 Å². The highest BCUT2D eigenvalue weighted by atomic mass is 32.2. The maximum atomic E-state index is 11.8. The zero-order chi connectivity index (χ0) is 11.7. The number of carboxylic acids is 1. The third-order valence-electron chi connectivity index (χ3n) is 2.40. The summed E-state index contributed by atoms with van der Waals surface area (Å²) in [6, 6.07) is 5.20. The highest BCUT2D eigenvalue weighted by Crippen LogP contribution is 2.39. The number of thioether (sulfide) groups is 1. The molecule has 0 saturated heterocycles. The Morgan fingerprint density at radius 2 is 2.31 bits per heavy atom. The number of fused-ring (bicyclic) bond motifs is 1. The fourth-order valence-corrected chi connectivity index (χ4v) is 2.79. The molecule has 1 unspecified atom stereocenters. The number of hydrogen-bond donors (Lipinski definition) is 1. The van der Waals surface area contributed by atoms with Crippen molar-refractivity contribution in [2.75, 3.05) is 7.11 Å². The van der Waals surface area contributed by atoms with Crippen LogP contribution < -0.4 is 4.74 Å². The van der Waals surface area contributed by atoms with E-state index >= 15 is 0 Å². The molecule has 1 atom stereocenters. The quantitative estimate of drug-likeness (QED) is 0.851. The number of rotatable bonds is 2. The number of ketones is 1. The van der Waals surface area contributed by atoms with Crippen molar-refractivity contribution in [1.29, 1.82) is 0 Å². The van der Waals surface area contributed by atoms with Gasteiger partial charge in [-0.25, -0.2) is 0 Å². The highest BCUT2D eigenvalue weighted by molar-refractivity contribution is 8.00. The van der Waals surface area contributed by atoms with Crippen LogP contribution in [0.1, 0.15) is 16.8 Å². The smallest absolute Gasteiger partial charge is 0.317 e. The average molecular weight is 238 g/mol. The first-order valence-electron chi connectivity index (χ1n) is 4.73. The molecule has 0 saturated carbocycles. The van der Waals surface area contributed by atoms with Gasteiger partial charge in [0, 0.05) is 11.3 Å². The minimum Gasteiger partial charge on any atom is -0.496 e. The monoisotopic (exact) mass is 238 g/mol. The van der Waals surface area contributed by atoms with Crippen molar-refractivity contribution < 1.29 is 19.4 Å². The predicted molar refractivity (Wildman–Crippen MR) is 59.2 cm³/mol. The lowest BCUT2D eigenvalue weighted by Crippen LogP contribution is -2.25. The number of carbonyl (C=O) groups excluding carboxylic acids is 1. The van der Waals surface area contributed by atoms with Gasteiger partial charge >= 0.3 is 5.97 Å². The van der Waals surface area contributed by atoms with E-state index in [2.05, 4.69) is 0 Å². The summed E-state index contributed by atoms with van der Waals surface area (Å²) in [7, 11) is 1.50. The van der Waals surface area contributed by atoms with Crippen LogP contribution in [0.4, 0.5) is 0 Å². The molecule has 0 bridgehead atoms. The van der Waals surface area contributed by atoms with E-state index in [0.717, 1.165) is 0 Å². The van der Waals surface area contributed by atoms with Crippen LogP contribution in [0.5, 0.6) is 5.75 Å². The number of carbonyl (C=O) groups is 2. The van der Waals surface area contributed by atoms with Crippen LogP contribution in [-0.4, -0.2) is 29.2 Å². The van der Waals surface area contributed by atoms with E-state index in [1.54, 1.807) is 18.2 Å². The van der Waals surface area contributed by atoms with Crippen LogP contribution in [0.15, 0.2) is 23.1 Å². The van der Waals surface area contributed by atoms with Gasteiger partial charge in [0.05, 0.1) is 12.7 Å². The van der Waals surface area contributed by atoms with E-state index in [4.69, 9.17) is 9.84 Å². The second kappa shape index (κ2) is 4.17. The number of benzene rings is 1. The molecule has 2 rings (SSSR count). The van der Waals surface area contributed by atoms with Crippen LogP contribution >= 0.6 is 11.8 Å². The number of Topliss-reactive ketones (excluding diaryl/α,β-unsaturated/α-hetero) is 1. The molecule has 1 N–H and O–H groups in total. The number of hydrogen-bond acceptors (Lipinski definition) is 4. The molecule has 4 nitrogen and oxygen atoms in total. The average Bonchev–Trinajstić information content (AvgIpc) is 2.27. The molecule has 0 fully saturated rings. The van der Waals surface area contributed by atoms with Crippen molar-refractivity contribution >= 4 is 23.5 Å². The minimum absolute atomic E-state index is 0.0212. The second-order valence-electron chi connectivity index (χ2n) is 3.41. The van der Waals surface area contributed by atoms with Gasteiger partial charge in [-0.2, -0.15) is 0 Å². The molecular formula is C11H10O4S. The zero-order valence-corrected chi connectivity index (χ0v) is 9.41. The fourth-order valence-electron chi connectivity index (χ4n) is 1.66. The molecule has 0 radical (unpaired) electrons. The molecule has 1 heterocycles. The molecule has 1 aliphatic heterocycles. The molecule has 0 aliphatic carbocycles. The molecule has 0 aromatic heterocycles. The number of methoxy groups -OCH3 is 1. The molecular weight excluding hydrogens is 228 g/mol. The van der Waals surface area contributed by atoms with Gasteiger partial charge in [-0.3, -0.25) is 9.59 Å². The van der Waals surface area contributed by atoms with Gasteiger partial charge in [-0.1, -0.05) is 6.07 Å². The predicted octanol–water partition coefficient (Wildman–Crippen LogP) is 1.83. The van der Waals surface area contributed by atoms with Gasteiger partial charge in [-0.05, 0) is 12.1 Å². The van der Waals surface area contributed by atoms with E-state index in [-0.39, 0.29) is 12.2 Å². The Hall–Kier alpha value is -1.49. The fraction of sp³-hybridized carbons (Fsp3) is 0.273. The Labute approximate surface area is 96.6 Å². The van der Waals surface area contributed by atoms with E-state index < -0.39 is 11.2 Å². The molecule has 0 amide bonds. The second-order valence-corrected chi connectivity index (χ2v) is 4.65. The molecule has 16 heavy (non-hydrogen) atoms. The lowest BCUT2D eigenvalue weighted by molar-refractivity contribution is -0.136. The number of ether oxygens (including phenoxy) is 1. The summed E-state index contributed by atoms with van der Waals surface area (Å²) in [5, 5.41) is 8.22. The Balaban J connectivity index is 2.45. The summed E-state index contributed by atoms with van der Waals surface area (Å²) in [4.78, 5) is 23.4. The maximum absolute atomic E-state index is 11.8. The molecule has 0 spiro atoms. The standard InChI is InChI=1S/C11H10O4S/c1-15-7-3-2-4-8-10(7)6(12)5-9(16-8)11(13)14/h2-4,9H,5H2,1H3,(H,13,14). The maximum Gasteiger partial charge on any atom is 0.317 e. The highest BCUT2D eigenvalue weighted by Gasteiger charge is 2.32. The van der Waals surface area contributed by atoms with Crippen LogP contribution in [0.3, 0.4) is 0 Å². The lowest BCUT2D eigenvalue weighted by atomic mass is 10.0. The SMILES string of the molecule is COc1cccc2c1C(=O)CC(C(=O)O)S2. The number of aliphatic carboxylic acids is 1. The van der Waals surface area contributed by atoms with Crippen molar-refractivity contribution in [3.63, 3.8) is 0 Å². The molecule has 1 aliphatic rings. The summed E-state index contributed by atoms with van der Waals surface area (Å²) in [5.74, 6) is -0.607. The first kappa shape index (κ1) is 11.0. The van der Waals surface area contributed by atoms with Crippen molar-refractivity contribution in [3.8, 4) is 5.75 Å². The van der Waals surface area contributed by atoms with Crippen LogP contribution in [0.25, 0.3) is 0 Å². The molecule has 5 heteroatoms. The van der Waals surface area contributed by atoms with E-state index in [9.17, 15) is 9.59 Å². The third kappa shape index (κ3) is 1.78. The molecule has 1 aromatic carbocycles. The molecule has 1 aromatic rings. The topological polar surface area (TPSA) is 63.6 Å². The van der Waals surface area contributed by atoms with E-state index in [1.165, 1.54) is 18.9 Å². The van der Waals surface area contributed by atoms with Crippen LogP contribution in [-0.2, 0) is 4.79 Å². The van der Waals surface area contributed by atoms with Crippen LogP contribution in [0.2, 0.25) is 0 Å². The van der Waals surface area contributed by atoms with Gasteiger partial charge in [0.25, 0.3) is 0 Å². The largest absolute Gasteiger partial charge is 0.496 e. The normalized spacial score (nSPS) is 19.1. The van der Waals surface area contributed by atoms with Gasteiger partial charge in [0.1, 0.15) is 11.0 Å². The number of carboxylic acid groups (broad SMARTS) is 1. The third-order valence-corrected chi connectivity index (χ3v) is 3.65. The molecule has 84 valence electrons. The summed E-state index contributed by atoms with van der Waals surface area (Å²) in [6.45, 7) is 0. The first-order chi connectivity index (χ1) is 7.63. The Morgan fingerprint density at radius 1 is 1.56 bits per heavy atom. The summed E-state index contributed by atoms with van der Waals surface area (Å²) >= 11 is 1.20. The lowest BCUT2D eigenvalue weighted by Gasteiger charge is -2.21. The first-order valence-corrected chi connectivity index (χ1v) is 5.61. The van der Waals surface area contributed by atoms with E-state index in [0.29, 0.717) is 16.2 Å². The Kier molecular flexibility index (Phi) is 2.87. The van der Waals surface area contributed by atoms with Gasteiger partial charge in [0.2, 0.25) is 0 Å². The van der Waals surface area contributed by atoms with Crippen LogP contribution in [0, 0.1) is 0 Å².